The van der Waals surface area contributed by atoms with Crippen LogP contribution in [0.25, 0.3) is 0 Å². The largest absolute Gasteiger partial charge is 0.378 e. The van der Waals surface area contributed by atoms with E-state index in [2.05, 4.69) is 80.5 Å². The molecular formula is C16H29IN4. The molecule has 0 radical (unpaired) electrons. The maximum Gasteiger partial charge on any atom is 0.191 e. The summed E-state index contributed by atoms with van der Waals surface area (Å²) in [7, 11) is 4.12. The van der Waals surface area contributed by atoms with Crippen LogP contribution in [0.3, 0.4) is 0 Å². The summed E-state index contributed by atoms with van der Waals surface area (Å²) in [4.78, 5) is 6.76. The molecule has 0 heterocycles. The summed E-state index contributed by atoms with van der Waals surface area (Å²) in [5.41, 5.74) is 3.76. The van der Waals surface area contributed by atoms with Gasteiger partial charge < -0.3 is 15.5 Å². The lowest BCUT2D eigenvalue weighted by Gasteiger charge is -2.16. The van der Waals surface area contributed by atoms with Crippen LogP contribution in [-0.2, 0) is 6.54 Å². The predicted molar refractivity (Wildman–Crippen MR) is 104 cm³/mol. The zero-order valence-electron chi connectivity index (χ0n) is 14.0. The number of rotatable bonds is 5. The third-order valence-electron chi connectivity index (χ3n) is 3.02. The topological polar surface area (TPSA) is 39.7 Å². The Labute approximate surface area is 146 Å². The molecule has 120 valence electrons. The van der Waals surface area contributed by atoms with Crippen LogP contribution in [0, 0.1) is 6.92 Å². The molecule has 5 heteroatoms. The average Bonchev–Trinajstić information content (AvgIpc) is 2.36. The van der Waals surface area contributed by atoms with Gasteiger partial charge in [0.2, 0.25) is 0 Å². The maximum absolute atomic E-state index is 4.64. The molecule has 0 spiro atoms. The molecule has 0 atom stereocenters. The first-order chi connectivity index (χ1) is 9.43. The number of benzene rings is 1. The quantitative estimate of drug-likeness (QED) is 0.450. The van der Waals surface area contributed by atoms with E-state index in [-0.39, 0.29) is 24.0 Å². The van der Waals surface area contributed by atoms with Gasteiger partial charge in [0.25, 0.3) is 0 Å². The molecule has 1 rings (SSSR count). The summed E-state index contributed by atoms with van der Waals surface area (Å²) >= 11 is 0. The van der Waals surface area contributed by atoms with Gasteiger partial charge in [-0.3, -0.25) is 0 Å². The Morgan fingerprint density at radius 1 is 1.29 bits per heavy atom. The molecule has 0 aliphatic heterocycles. The molecule has 21 heavy (non-hydrogen) atoms. The van der Waals surface area contributed by atoms with Crippen LogP contribution in [0.1, 0.15) is 31.9 Å². The van der Waals surface area contributed by atoms with Crippen molar-refractivity contribution in [2.24, 2.45) is 4.99 Å². The molecule has 0 unspecified atom stereocenters. The van der Waals surface area contributed by atoms with Crippen molar-refractivity contribution in [3.8, 4) is 0 Å². The van der Waals surface area contributed by atoms with E-state index in [1.807, 2.05) is 0 Å². The van der Waals surface area contributed by atoms with Gasteiger partial charge in [-0.15, -0.1) is 24.0 Å². The highest BCUT2D eigenvalue weighted by Gasteiger charge is 2.03. The van der Waals surface area contributed by atoms with Crippen molar-refractivity contribution in [1.29, 1.82) is 0 Å². The van der Waals surface area contributed by atoms with Gasteiger partial charge >= 0.3 is 0 Å². The lowest BCUT2D eigenvalue weighted by atomic mass is 10.1. The van der Waals surface area contributed by atoms with Crippen LogP contribution in [-0.4, -0.2) is 32.6 Å². The molecule has 0 aliphatic rings. The lowest BCUT2D eigenvalue weighted by molar-refractivity contribution is 0.700. The van der Waals surface area contributed by atoms with Crippen molar-refractivity contribution in [2.75, 3.05) is 25.5 Å². The highest BCUT2D eigenvalue weighted by atomic mass is 127. The van der Waals surface area contributed by atoms with Gasteiger partial charge in [-0.1, -0.05) is 6.07 Å². The molecule has 1 aromatic carbocycles. The number of anilines is 1. The molecule has 0 fully saturated rings. The van der Waals surface area contributed by atoms with Crippen molar-refractivity contribution >= 4 is 35.6 Å². The third kappa shape index (κ3) is 7.02. The van der Waals surface area contributed by atoms with Crippen LogP contribution in [0.15, 0.2) is 23.2 Å². The molecule has 1 aromatic rings. The van der Waals surface area contributed by atoms with Crippen molar-refractivity contribution in [3.63, 3.8) is 0 Å². The summed E-state index contributed by atoms with van der Waals surface area (Å²) in [5, 5.41) is 6.59. The fourth-order valence-electron chi connectivity index (χ4n) is 1.89. The minimum atomic E-state index is 0. The second-order valence-corrected chi connectivity index (χ2v) is 5.50. The SMILES string of the molecule is CCNC(=NCc1ccc(N(C)C)cc1C)NC(C)C.I. The maximum atomic E-state index is 4.64. The van der Waals surface area contributed by atoms with E-state index in [9.17, 15) is 0 Å². The number of hydrogen-bond acceptors (Lipinski definition) is 2. The fourth-order valence-corrected chi connectivity index (χ4v) is 1.89. The van der Waals surface area contributed by atoms with Crippen LogP contribution >= 0.6 is 24.0 Å². The molecule has 0 amide bonds. The Morgan fingerprint density at radius 2 is 1.95 bits per heavy atom. The number of nitrogens with one attached hydrogen (secondary N) is 2. The Balaban J connectivity index is 0.00000400. The monoisotopic (exact) mass is 404 g/mol. The number of hydrogen-bond donors (Lipinski definition) is 2. The molecular weight excluding hydrogens is 375 g/mol. The van der Waals surface area contributed by atoms with E-state index in [4.69, 9.17) is 0 Å². The second-order valence-electron chi connectivity index (χ2n) is 5.50. The van der Waals surface area contributed by atoms with Crippen LogP contribution in [0.2, 0.25) is 0 Å². The Kier molecular flexibility index (Phi) is 9.41. The minimum Gasteiger partial charge on any atom is -0.378 e. The van der Waals surface area contributed by atoms with E-state index < -0.39 is 0 Å². The summed E-state index contributed by atoms with van der Waals surface area (Å²) in [6.07, 6.45) is 0. The summed E-state index contributed by atoms with van der Waals surface area (Å²) < 4.78 is 0. The number of aryl methyl sites for hydroxylation is 1. The fraction of sp³-hybridized carbons (Fsp3) is 0.562. The summed E-state index contributed by atoms with van der Waals surface area (Å²) in [6.45, 7) is 10.0. The number of halogens is 1. The van der Waals surface area contributed by atoms with Gasteiger partial charge in [0, 0.05) is 32.4 Å². The molecule has 2 N–H and O–H groups in total. The Bertz CT molecular complexity index is 456. The van der Waals surface area contributed by atoms with Gasteiger partial charge in [0.05, 0.1) is 6.54 Å². The van der Waals surface area contributed by atoms with E-state index >= 15 is 0 Å². The smallest absolute Gasteiger partial charge is 0.191 e. The minimum absolute atomic E-state index is 0. The van der Waals surface area contributed by atoms with E-state index in [0.29, 0.717) is 12.6 Å². The van der Waals surface area contributed by atoms with Gasteiger partial charge in [0.15, 0.2) is 5.96 Å². The number of nitrogens with zero attached hydrogens (tertiary/aromatic N) is 2. The zero-order valence-corrected chi connectivity index (χ0v) is 16.4. The Morgan fingerprint density at radius 3 is 2.43 bits per heavy atom. The highest BCUT2D eigenvalue weighted by Crippen LogP contribution is 2.17. The second kappa shape index (κ2) is 9.87. The first-order valence-electron chi connectivity index (χ1n) is 7.25. The molecule has 0 aromatic heterocycles. The summed E-state index contributed by atoms with van der Waals surface area (Å²) in [6, 6.07) is 6.88. The lowest BCUT2D eigenvalue weighted by Crippen LogP contribution is -2.41. The molecule has 0 saturated heterocycles. The van der Waals surface area contributed by atoms with Crippen LogP contribution < -0.4 is 15.5 Å². The van der Waals surface area contributed by atoms with Gasteiger partial charge in [0.1, 0.15) is 0 Å². The highest BCUT2D eigenvalue weighted by molar-refractivity contribution is 14.0. The number of aliphatic imine (C=N–C) groups is 1. The average molecular weight is 404 g/mol. The number of guanidine groups is 1. The molecule has 0 saturated carbocycles. The normalized spacial score (nSPS) is 11.1. The van der Waals surface area contributed by atoms with Crippen LogP contribution in [0.5, 0.6) is 0 Å². The Hall–Kier alpha value is -0.980. The molecule has 0 aliphatic carbocycles. The first kappa shape index (κ1) is 20.0. The zero-order chi connectivity index (χ0) is 15.1. The van der Waals surface area contributed by atoms with Gasteiger partial charge in [-0.2, -0.15) is 0 Å². The van der Waals surface area contributed by atoms with Crippen molar-refractivity contribution < 1.29 is 0 Å². The van der Waals surface area contributed by atoms with Crippen molar-refractivity contribution in [1.82, 2.24) is 10.6 Å². The predicted octanol–water partition coefficient (Wildman–Crippen LogP) is 3.14. The van der Waals surface area contributed by atoms with Gasteiger partial charge in [-0.25, -0.2) is 4.99 Å². The van der Waals surface area contributed by atoms with Crippen molar-refractivity contribution in [3.05, 3.63) is 29.3 Å². The molecule has 4 nitrogen and oxygen atoms in total. The van der Waals surface area contributed by atoms with E-state index in [1.165, 1.54) is 16.8 Å². The third-order valence-corrected chi connectivity index (χ3v) is 3.02. The van der Waals surface area contributed by atoms with Crippen molar-refractivity contribution in [2.45, 2.75) is 40.3 Å². The first-order valence-corrected chi connectivity index (χ1v) is 7.25. The summed E-state index contributed by atoms with van der Waals surface area (Å²) in [5.74, 6) is 0.874. The van der Waals surface area contributed by atoms with E-state index in [0.717, 1.165) is 12.5 Å². The van der Waals surface area contributed by atoms with Crippen LogP contribution in [0.4, 0.5) is 5.69 Å². The van der Waals surface area contributed by atoms with E-state index in [1.54, 1.807) is 0 Å². The standard InChI is InChI=1S/C16H28N4.HI/c1-7-17-16(19-12(2)3)18-11-14-8-9-15(20(5)6)10-13(14)4;/h8-10,12H,7,11H2,1-6H3,(H2,17,18,19);1H. The van der Waals surface area contributed by atoms with Gasteiger partial charge in [-0.05, 0) is 51.0 Å². The molecule has 0 bridgehead atoms.